The molecule has 0 bridgehead atoms. The first-order valence-corrected chi connectivity index (χ1v) is 11.4. The number of nitrogens with zero attached hydrogens (tertiary/aromatic N) is 1. The van der Waals surface area contributed by atoms with Crippen molar-refractivity contribution in [2.24, 2.45) is 11.3 Å². The van der Waals surface area contributed by atoms with E-state index in [9.17, 15) is 4.79 Å². The number of anilines is 2. The lowest BCUT2D eigenvalue weighted by atomic mass is 9.73. The van der Waals surface area contributed by atoms with Gasteiger partial charge < -0.3 is 19.8 Å². The molecule has 2 aromatic carbocycles. The molecule has 1 unspecified atom stereocenters. The maximum Gasteiger partial charge on any atom is 0.337 e. The van der Waals surface area contributed by atoms with Crippen LogP contribution >= 0.6 is 0 Å². The Kier molecular flexibility index (Phi) is 7.78. The van der Waals surface area contributed by atoms with Crippen LogP contribution in [0.25, 0.3) is 11.0 Å². The summed E-state index contributed by atoms with van der Waals surface area (Å²) in [4.78, 5) is 19.1. The number of aromatic amines is 1. The maximum atomic E-state index is 11.6. The highest BCUT2D eigenvalue weighted by Crippen LogP contribution is 2.37. The number of H-pyrrole nitrogens is 1. The predicted molar refractivity (Wildman–Crippen MR) is 130 cm³/mol. The van der Waals surface area contributed by atoms with Crippen LogP contribution in [0.15, 0.2) is 42.5 Å². The molecule has 0 saturated heterocycles. The van der Waals surface area contributed by atoms with Gasteiger partial charge in [-0.15, -0.1) is 0 Å². The van der Waals surface area contributed by atoms with Gasteiger partial charge in [0.1, 0.15) is 5.75 Å². The third-order valence-electron chi connectivity index (χ3n) is 5.78. The normalized spacial score (nSPS) is 17.2. The average Bonchev–Trinajstić information content (AvgIpc) is 3.15. The molecule has 1 aromatic heterocycles. The number of aromatic nitrogens is 2. The lowest BCUT2D eigenvalue weighted by Gasteiger charge is -2.33. The van der Waals surface area contributed by atoms with E-state index in [1.54, 1.807) is 18.2 Å². The molecule has 6 nitrogen and oxygen atoms in total. The van der Waals surface area contributed by atoms with Gasteiger partial charge in [-0.2, -0.15) is 0 Å². The van der Waals surface area contributed by atoms with Crippen molar-refractivity contribution in [3.05, 3.63) is 48.0 Å². The molecule has 3 aromatic rings. The molecule has 4 rings (SSSR count). The molecule has 0 aliphatic heterocycles. The number of hydrogen-bond donors (Lipinski definition) is 2. The van der Waals surface area contributed by atoms with Crippen LogP contribution < -0.4 is 10.1 Å². The first-order chi connectivity index (χ1) is 15.3. The van der Waals surface area contributed by atoms with Crippen molar-refractivity contribution < 1.29 is 14.3 Å². The predicted octanol–water partition coefficient (Wildman–Crippen LogP) is 6.71. The molecule has 0 radical (unpaired) electrons. The number of carbonyl (C=O) groups excluding carboxylic acids is 1. The third-order valence-corrected chi connectivity index (χ3v) is 5.78. The van der Waals surface area contributed by atoms with Crippen LogP contribution in [0.4, 0.5) is 11.6 Å². The van der Waals surface area contributed by atoms with E-state index in [0.29, 0.717) is 23.5 Å². The van der Waals surface area contributed by atoms with Crippen molar-refractivity contribution in [2.75, 3.05) is 19.0 Å². The molecule has 1 aliphatic carbocycles. The van der Waals surface area contributed by atoms with Gasteiger partial charge in [-0.3, -0.25) is 0 Å². The summed E-state index contributed by atoms with van der Waals surface area (Å²) >= 11 is 0. The molecule has 6 heteroatoms. The molecule has 1 fully saturated rings. The number of hydrogen-bond acceptors (Lipinski definition) is 5. The Morgan fingerprint density at radius 1 is 1.22 bits per heavy atom. The van der Waals surface area contributed by atoms with E-state index in [4.69, 9.17) is 9.47 Å². The van der Waals surface area contributed by atoms with Crippen molar-refractivity contribution >= 4 is 28.6 Å². The van der Waals surface area contributed by atoms with Gasteiger partial charge in [-0.25, -0.2) is 9.78 Å². The van der Waals surface area contributed by atoms with E-state index in [0.717, 1.165) is 28.4 Å². The molecular weight excluding hydrogens is 402 g/mol. The van der Waals surface area contributed by atoms with Gasteiger partial charge in [-0.05, 0) is 73.6 Å². The highest BCUT2D eigenvalue weighted by atomic mass is 16.5. The first kappa shape index (κ1) is 23.6. The molecule has 0 amide bonds. The fourth-order valence-electron chi connectivity index (χ4n) is 4.33. The number of methoxy groups -OCH3 is 1. The number of benzene rings is 2. The zero-order chi connectivity index (χ0) is 23.1. The average molecular weight is 438 g/mol. The van der Waals surface area contributed by atoms with E-state index >= 15 is 0 Å². The zero-order valence-corrected chi connectivity index (χ0v) is 19.8. The lowest BCUT2D eigenvalue weighted by molar-refractivity contribution is 0.0601. The molecule has 1 atom stereocenters. The summed E-state index contributed by atoms with van der Waals surface area (Å²) in [6, 6.07) is 12.8. The fraction of sp³-hybridized carbons (Fsp3) is 0.462. The van der Waals surface area contributed by atoms with E-state index < -0.39 is 0 Å². The van der Waals surface area contributed by atoms with E-state index in [2.05, 4.69) is 36.1 Å². The van der Waals surface area contributed by atoms with Crippen molar-refractivity contribution in [3.8, 4) is 5.75 Å². The molecule has 1 heterocycles. The summed E-state index contributed by atoms with van der Waals surface area (Å²) < 4.78 is 10.1. The van der Waals surface area contributed by atoms with Gasteiger partial charge in [0.25, 0.3) is 0 Å². The van der Waals surface area contributed by atoms with Crippen molar-refractivity contribution in [3.63, 3.8) is 0 Å². The summed E-state index contributed by atoms with van der Waals surface area (Å²) in [5.74, 6) is 2.04. The second-order valence-electron chi connectivity index (χ2n) is 9.26. The molecule has 1 aliphatic rings. The molecule has 172 valence electrons. The summed E-state index contributed by atoms with van der Waals surface area (Å²) in [5, 5.41) is 3.19. The largest absolute Gasteiger partial charge is 0.494 e. The molecule has 2 N–H and O–H groups in total. The fourth-order valence-corrected chi connectivity index (χ4v) is 4.33. The van der Waals surface area contributed by atoms with E-state index in [1.165, 1.54) is 32.8 Å². The quantitative estimate of drug-likeness (QED) is 0.434. The van der Waals surface area contributed by atoms with Gasteiger partial charge in [0.2, 0.25) is 5.95 Å². The van der Waals surface area contributed by atoms with Gasteiger partial charge >= 0.3 is 5.97 Å². The van der Waals surface area contributed by atoms with Gasteiger partial charge in [0, 0.05) is 5.69 Å². The molecule has 32 heavy (non-hydrogen) atoms. The van der Waals surface area contributed by atoms with E-state index in [-0.39, 0.29) is 5.97 Å². The SMILES string of the molecule is CC1CCCC(C)(C)C1.CCOc1ccc(Nc2nc3ccc(C(=O)OC)cc3[nH]2)cc1. The minimum atomic E-state index is -0.373. The van der Waals surface area contributed by atoms with Gasteiger partial charge in [0.05, 0.1) is 30.3 Å². The Morgan fingerprint density at radius 2 is 1.97 bits per heavy atom. The number of esters is 1. The monoisotopic (exact) mass is 437 g/mol. The Morgan fingerprint density at radius 3 is 2.56 bits per heavy atom. The van der Waals surface area contributed by atoms with Crippen LogP contribution in [0.1, 0.15) is 63.7 Å². The van der Waals surface area contributed by atoms with Crippen LogP contribution in [-0.2, 0) is 4.74 Å². The van der Waals surface area contributed by atoms with E-state index in [1.807, 2.05) is 31.2 Å². The number of rotatable bonds is 5. The summed E-state index contributed by atoms with van der Waals surface area (Å²) in [6.07, 6.45) is 5.79. The number of imidazole rings is 1. The molecule has 1 saturated carbocycles. The van der Waals surface area contributed by atoms with Crippen molar-refractivity contribution in [1.82, 2.24) is 9.97 Å². The van der Waals surface area contributed by atoms with Crippen LogP contribution in [0.2, 0.25) is 0 Å². The second kappa shape index (κ2) is 10.5. The Balaban J connectivity index is 0.000000269. The Labute approximate surface area is 190 Å². The van der Waals surface area contributed by atoms with Crippen molar-refractivity contribution in [2.45, 2.75) is 53.4 Å². The van der Waals surface area contributed by atoms with Crippen molar-refractivity contribution in [1.29, 1.82) is 0 Å². The summed E-state index contributed by atoms with van der Waals surface area (Å²) in [5.41, 5.74) is 3.56. The van der Waals surface area contributed by atoms with Crippen LogP contribution in [0.3, 0.4) is 0 Å². The number of ether oxygens (including phenoxy) is 2. The smallest absolute Gasteiger partial charge is 0.337 e. The lowest BCUT2D eigenvalue weighted by Crippen LogP contribution is -2.20. The third kappa shape index (κ3) is 6.49. The number of carbonyl (C=O) groups is 1. The molecule has 0 spiro atoms. The highest BCUT2D eigenvalue weighted by Gasteiger charge is 2.24. The minimum Gasteiger partial charge on any atom is -0.494 e. The zero-order valence-electron chi connectivity index (χ0n) is 19.8. The Bertz CT molecular complexity index is 1020. The summed E-state index contributed by atoms with van der Waals surface area (Å²) in [7, 11) is 1.36. The highest BCUT2D eigenvalue weighted by molar-refractivity contribution is 5.94. The second-order valence-corrected chi connectivity index (χ2v) is 9.26. The topological polar surface area (TPSA) is 76.2 Å². The van der Waals surface area contributed by atoms with Gasteiger partial charge in [0.15, 0.2) is 0 Å². The van der Waals surface area contributed by atoms with Crippen LogP contribution in [0.5, 0.6) is 5.75 Å². The van der Waals surface area contributed by atoms with Gasteiger partial charge in [-0.1, -0.05) is 33.6 Å². The number of fused-ring (bicyclic) bond motifs is 1. The number of nitrogens with one attached hydrogen (secondary N) is 2. The first-order valence-electron chi connectivity index (χ1n) is 11.4. The van der Waals surface area contributed by atoms with Crippen LogP contribution in [-0.4, -0.2) is 29.7 Å². The summed E-state index contributed by atoms with van der Waals surface area (Å²) in [6.45, 7) is 9.74. The van der Waals surface area contributed by atoms with Crippen LogP contribution in [0, 0.1) is 11.3 Å². The Hall–Kier alpha value is -3.02. The molecular formula is C26H35N3O3. The maximum absolute atomic E-state index is 11.6. The standard InChI is InChI=1S/C17H17N3O3.C9H18/c1-3-23-13-7-5-12(6-8-13)18-17-19-14-9-4-11(16(21)22-2)10-15(14)20-17;1-8-5-4-6-9(2,3)7-8/h4-10H,3H2,1-2H3,(H2,18,19,20);8H,4-7H2,1-3H3. The minimum absolute atomic E-state index is 0.373.